The molecule has 1 N–H and O–H groups in total. The van der Waals surface area contributed by atoms with Gasteiger partial charge in [-0.05, 0) is 30.0 Å². The molecule has 1 heterocycles. The standard InChI is InChI=1S/C18H19N/c1-14-6-5-9-16(12-14)17-10-11-19-18(13-17)15-7-3-2-4-8-15/h2-9,12-13,18-19H,10-11H2,1H3. The van der Waals surface area contributed by atoms with Gasteiger partial charge < -0.3 is 5.32 Å². The topological polar surface area (TPSA) is 12.0 Å². The lowest BCUT2D eigenvalue weighted by molar-refractivity contribution is 0.608. The summed E-state index contributed by atoms with van der Waals surface area (Å²) in [5.41, 5.74) is 5.49. The molecule has 0 fully saturated rings. The maximum atomic E-state index is 3.57. The van der Waals surface area contributed by atoms with Crippen LogP contribution in [0.25, 0.3) is 5.57 Å². The van der Waals surface area contributed by atoms with E-state index in [2.05, 4.69) is 72.9 Å². The maximum absolute atomic E-state index is 3.57. The van der Waals surface area contributed by atoms with Crippen molar-refractivity contribution in [1.82, 2.24) is 5.32 Å². The second kappa shape index (κ2) is 5.41. The average molecular weight is 249 g/mol. The van der Waals surface area contributed by atoms with Gasteiger partial charge in [-0.2, -0.15) is 0 Å². The minimum atomic E-state index is 0.338. The van der Waals surface area contributed by atoms with Gasteiger partial charge in [0.2, 0.25) is 0 Å². The second-order valence-corrected chi connectivity index (χ2v) is 5.15. The molecule has 2 aromatic carbocycles. The Morgan fingerprint density at radius 3 is 2.63 bits per heavy atom. The summed E-state index contributed by atoms with van der Waals surface area (Å²) in [6.07, 6.45) is 3.47. The SMILES string of the molecule is Cc1cccc(C2=CC(c3ccccc3)NCC2)c1. The first-order chi connectivity index (χ1) is 9.33. The highest BCUT2D eigenvalue weighted by Crippen LogP contribution is 2.27. The highest BCUT2D eigenvalue weighted by Gasteiger charge is 2.15. The summed E-state index contributed by atoms with van der Waals surface area (Å²) < 4.78 is 0. The third kappa shape index (κ3) is 2.77. The first kappa shape index (κ1) is 12.2. The summed E-state index contributed by atoms with van der Waals surface area (Å²) in [5, 5.41) is 3.57. The molecular formula is C18H19N. The molecule has 1 nitrogen and oxygen atoms in total. The Balaban J connectivity index is 1.92. The van der Waals surface area contributed by atoms with E-state index in [1.54, 1.807) is 0 Å². The third-order valence-electron chi connectivity index (χ3n) is 3.67. The molecule has 0 saturated heterocycles. The molecular weight excluding hydrogens is 230 g/mol. The Hall–Kier alpha value is -1.86. The van der Waals surface area contributed by atoms with Crippen LogP contribution < -0.4 is 5.32 Å². The van der Waals surface area contributed by atoms with Gasteiger partial charge in [0.1, 0.15) is 0 Å². The summed E-state index contributed by atoms with van der Waals surface area (Å²) in [6, 6.07) is 19.8. The van der Waals surface area contributed by atoms with Crippen LogP contribution in [0.4, 0.5) is 0 Å². The quantitative estimate of drug-likeness (QED) is 0.844. The van der Waals surface area contributed by atoms with Gasteiger partial charge in [0.05, 0.1) is 6.04 Å². The zero-order chi connectivity index (χ0) is 13.1. The van der Waals surface area contributed by atoms with Crippen molar-refractivity contribution < 1.29 is 0 Å². The van der Waals surface area contributed by atoms with Gasteiger partial charge in [0, 0.05) is 6.54 Å². The number of rotatable bonds is 2. The van der Waals surface area contributed by atoms with E-state index >= 15 is 0 Å². The Morgan fingerprint density at radius 2 is 1.84 bits per heavy atom. The predicted octanol–water partition coefficient (Wildman–Crippen LogP) is 4.11. The van der Waals surface area contributed by atoms with Crippen molar-refractivity contribution >= 4 is 5.57 Å². The van der Waals surface area contributed by atoms with Crippen LogP contribution in [0.2, 0.25) is 0 Å². The van der Waals surface area contributed by atoms with Crippen LogP contribution in [0.3, 0.4) is 0 Å². The molecule has 0 radical (unpaired) electrons. The summed E-state index contributed by atoms with van der Waals surface area (Å²) in [6.45, 7) is 3.19. The Morgan fingerprint density at radius 1 is 1.00 bits per heavy atom. The summed E-state index contributed by atoms with van der Waals surface area (Å²) in [7, 11) is 0. The fourth-order valence-corrected chi connectivity index (χ4v) is 2.67. The van der Waals surface area contributed by atoms with Crippen LogP contribution in [-0.2, 0) is 0 Å². The van der Waals surface area contributed by atoms with E-state index < -0.39 is 0 Å². The first-order valence-electron chi connectivity index (χ1n) is 6.89. The predicted molar refractivity (Wildman–Crippen MR) is 81.0 cm³/mol. The zero-order valence-corrected chi connectivity index (χ0v) is 11.3. The maximum Gasteiger partial charge on any atom is 0.0512 e. The van der Waals surface area contributed by atoms with Gasteiger partial charge in [0.15, 0.2) is 0 Å². The van der Waals surface area contributed by atoms with E-state index in [0.29, 0.717) is 6.04 Å². The van der Waals surface area contributed by atoms with Crippen molar-refractivity contribution in [2.75, 3.05) is 6.54 Å². The average Bonchev–Trinajstić information content (AvgIpc) is 2.48. The fraction of sp³-hybridized carbons (Fsp3) is 0.222. The molecule has 1 aliphatic heterocycles. The molecule has 0 aromatic heterocycles. The van der Waals surface area contributed by atoms with E-state index in [1.165, 1.54) is 22.3 Å². The molecule has 3 rings (SSSR count). The lowest BCUT2D eigenvalue weighted by Gasteiger charge is -2.23. The Kier molecular flexibility index (Phi) is 3.47. The van der Waals surface area contributed by atoms with E-state index in [4.69, 9.17) is 0 Å². The van der Waals surface area contributed by atoms with Crippen molar-refractivity contribution in [3.63, 3.8) is 0 Å². The summed E-state index contributed by atoms with van der Waals surface area (Å²) in [4.78, 5) is 0. The van der Waals surface area contributed by atoms with Crippen LogP contribution in [0.5, 0.6) is 0 Å². The molecule has 0 spiro atoms. The van der Waals surface area contributed by atoms with Gasteiger partial charge in [-0.1, -0.05) is 66.2 Å². The van der Waals surface area contributed by atoms with Crippen LogP contribution in [0.15, 0.2) is 60.7 Å². The van der Waals surface area contributed by atoms with Crippen molar-refractivity contribution in [2.45, 2.75) is 19.4 Å². The van der Waals surface area contributed by atoms with Crippen molar-refractivity contribution in [1.29, 1.82) is 0 Å². The monoisotopic (exact) mass is 249 g/mol. The van der Waals surface area contributed by atoms with Crippen LogP contribution in [0.1, 0.15) is 29.2 Å². The fourth-order valence-electron chi connectivity index (χ4n) is 2.67. The second-order valence-electron chi connectivity index (χ2n) is 5.15. The van der Waals surface area contributed by atoms with Crippen molar-refractivity contribution in [2.24, 2.45) is 0 Å². The molecule has 1 heteroatoms. The lowest BCUT2D eigenvalue weighted by Crippen LogP contribution is -2.25. The van der Waals surface area contributed by atoms with Gasteiger partial charge in [-0.15, -0.1) is 0 Å². The number of nitrogens with one attached hydrogen (secondary N) is 1. The van der Waals surface area contributed by atoms with Gasteiger partial charge in [-0.25, -0.2) is 0 Å². The van der Waals surface area contributed by atoms with Crippen LogP contribution in [0, 0.1) is 6.92 Å². The number of hydrogen-bond donors (Lipinski definition) is 1. The highest BCUT2D eigenvalue weighted by molar-refractivity contribution is 5.68. The smallest absolute Gasteiger partial charge is 0.0512 e. The van der Waals surface area contributed by atoms with Crippen LogP contribution in [-0.4, -0.2) is 6.54 Å². The minimum absolute atomic E-state index is 0.338. The number of hydrogen-bond acceptors (Lipinski definition) is 1. The molecule has 1 aliphatic rings. The summed E-state index contributed by atoms with van der Waals surface area (Å²) in [5.74, 6) is 0. The Labute approximate surface area is 115 Å². The molecule has 0 aliphatic carbocycles. The van der Waals surface area contributed by atoms with Gasteiger partial charge in [0.25, 0.3) is 0 Å². The lowest BCUT2D eigenvalue weighted by atomic mass is 9.93. The number of benzene rings is 2. The molecule has 1 unspecified atom stereocenters. The minimum Gasteiger partial charge on any atom is -0.306 e. The normalized spacial score (nSPS) is 19.0. The largest absolute Gasteiger partial charge is 0.306 e. The van der Waals surface area contributed by atoms with Gasteiger partial charge >= 0.3 is 0 Å². The van der Waals surface area contributed by atoms with E-state index in [-0.39, 0.29) is 0 Å². The van der Waals surface area contributed by atoms with E-state index in [1.807, 2.05) is 0 Å². The summed E-state index contributed by atoms with van der Waals surface area (Å²) >= 11 is 0. The first-order valence-corrected chi connectivity index (χ1v) is 6.89. The molecule has 2 aromatic rings. The molecule has 19 heavy (non-hydrogen) atoms. The Bertz CT molecular complexity index is 584. The van der Waals surface area contributed by atoms with E-state index in [9.17, 15) is 0 Å². The molecule has 0 amide bonds. The van der Waals surface area contributed by atoms with E-state index in [0.717, 1.165) is 13.0 Å². The van der Waals surface area contributed by atoms with Gasteiger partial charge in [-0.3, -0.25) is 0 Å². The van der Waals surface area contributed by atoms with Crippen molar-refractivity contribution in [3.8, 4) is 0 Å². The third-order valence-corrected chi connectivity index (χ3v) is 3.67. The molecule has 96 valence electrons. The van der Waals surface area contributed by atoms with Crippen molar-refractivity contribution in [3.05, 3.63) is 77.4 Å². The zero-order valence-electron chi connectivity index (χ0n) is 11.3. The highest BCUT2D eigenvalue weighted by atomic mass is 14.9. The van der Waals surface area contributed by atoms with Crippen LogP contribution >= 0.6 is 0 Å². The molecule has 0 bridgehead atoms. The number of aryl methyl sites for hydroxylation is 1. The molecule has 1 atom stereocenters. The molecule has 0 saturated carbocycles.